The lowest BCUT2D eigenvalue weighted by atomic mass is 10.0. The highest BCUT2D eigenvalue weighted by Gasteiger charge is 2.54. The van der Waals surface area contributed by atoms with Crippen LogP contribution < -0.4 is 0 Å². The molecule has 6 nitrogen and oxygen atoms in total. The second-order valence-electron chi connectivity index (χ2n) is 8.42. The maximum absolute atomic E-state index is 14.0. The van der Waals surface area contributed by atoms with Gasteiger partial charge in [0, 0.05) is 5.25 Å². The van der Waals surface area contributed by atoms with Gasteiger partial charge in [-0.1, -0.05) is 19.3 Å². The van der Waals surface area contributed by atoms with Crippen LogP contribution >= 0.6 is 27.0 Å². The lowest BCUT2D eigenvalue weighted by Crippen LogP contribution is -2.24. The largest absolute Gasteiger partial charge is 0.356 e. The highest BCUT2D eigenvalue weighted by atomic mass is 32.2. The number of hydrogen-bond donors (Lipinski definition) is 0. The van der Waals surface area contributed by atoms with E-state index in [1.807, 2.05) is 0 Å². The Bertz CT molecular complexity index is 481. The van der Waals surface area contributed by atoms with Gasteiger partial charge in [-0.2, -0.15) is 0 Å². The molecule has 0 amide bonds. The molecule has 0 spiro atoms. The quantitative estimate of drug-likeness (QED) is 0.282. The molecule has 9 heteroatoms. The second kappa shape index (κ2) is 11.9. The van der Waals surface area contributed by atoms with Crippen molar-refractivity contribution in [2.75, 3.05) is 0 Å². The first-order valence-electron chi connectivity index (χ1n) is 10.5. The van der Waals surface area contributed by atoms with Crippen molar-refractivity contribution < 1.29 is 27.2 Å². The van der Waals surface area contributed by atoms with Crippen LogP contribution in [0.3, 0.4) is 0 Å². The highest BCUT2D eigenvalue weighted by molar-refractivity contribution is 8.12. The van der Waals surface area contributed by atoms with E-state index in [1.54, 1.807) is 55.4 Å². The summed E-state index contributed by atoms with van der Waals surface area (Å²) in [5.74, 6) is 0. The predicted molar refractivity (Wildman–Crippen MR) is 118 cm³/mol. The fourth-order valence-electron chi connectivity index (χ4n) is 3.13. The molecule has 0 aliphatic heterocycles. The molecule has 0 aromatic rings. The van der Waals surface area contributed by atoms with Crippen molar-refractivity contribution >= 4 is 27.0 Å². The van der Waals surface area contributed by atoms with E-state index in [1.165, 1.54) is 18.2 Å². The summed E-state index contributed by atoms with van der Waals surface area (Å²) >= 11 is 1.42. The third-order valence-electron chi connectivity index (χ3n) is 3.84. The Hall–Kier alpha value is 0.650. The summed E-state index contributed by atoms with van der Waals surface area (Å²) < 4.78 is 50.4. The van der Waals surface area contributed by atoms with Gasteiger partial charge in [-0.25, -0.2) is 0 Å². The molecule has 0 saturated heterocycles. The van der Waals surface area contributed by atoms with E-state index < -0.39 is 19.9 Å². The van der Waals surface area contributed by atoms with Crippen molar-refractivity contribution in [2.24, 2.45) is 0 Å². The minimum Gasteiger partial charge on any atom is -0.305 e. The number of thioether (sulfide) groups is 1. The van der Waals surface area contributed by atoms with Gasteiger partial charge in [-0.3, -0.25) is 9.13 Å². The molecule has 0 aromatic carbocycles. The molecule has 1 aliphatic rings. The summed E-state index contributed by atoms with van der Waals surface area (Å²) in [4.78, 5) is 0. The van der Waals surface area contributed by atoms with Crippen molar-refractivity contribution in [3.63, 3.8) is 0 Å². The Morgan fingerprint density at radius 1 is 0.643 bits per heavy atom. The Labute approximate surface area is 176 Å². The molecule has 0 radical (unpaired) electrons. The molecule has 0 unspecified atom stereocenters. The Morgan fingerprint density at radius 3 is 1.25 bits per heavy atom. The normalized spacial score (nSPS) is 17.6. The van der Waals surface area contributed by atoms with Gasteiger partial charge in [0.25, 0.3) is 0 Å². The Balaban J connectivity index is 3.39. The smallest absolute Gasteiger partial charge is 0.305 e. The van der Waals surface area contributed by atoms with Crippen LogP contribution in [0.15, 0.2) is 0 Å². The lowest BCUT2D eigenvalue weighted by Gasteiger charge is -2.37. The first-order chi connectivity index (χ1) is 12.9. The molecule has 0 heterocycles. The summed E-state index contributed by atoms with van der Waals surface area (Å²) in [6.07, 6.45) is 4.05. The van der Waals surface area contributed by atoms with Gasteiger partial charge in [-0.15, -0.1) is 11.8 Å². The van der Waals surface area contributed by atoms with E-state index in [9.17, 15) is 9.13 Å². The van der Waals surface area contributed by atoms with Crippen molar-refractivity contribution in [3.05, 3.63) is 0 Å². The van der Waals surface area contributed by atoms with E-state index in [0.717, 1.165) is 25.7 Å². The summed E-state index contributed by atoms with van der Waals surface area (Å²) in [6, 6.07) is 0. The molecule has 0 aromatic heterocycles. The van der Waals surface area contributed by atoms with Crippen LogP contribution in [-0.2, 0) is 27.2 Å². The van der Waals surface area contributed by atoms with E-state index >= 15 is 0 Å². The molecule has 0 bridgehead atoms. The van der Waals surface area contributed by atoms with Gasteiger partial charge < -0.3 is 18.1 Å². The summed E-state index contributed by atoms with van der Waals surface area (Å²) in [6.45, 7) is 14.4. The molecular weight excluding hydrogens is 418 g/mol. The molecule has 1 saturated carbocycles. The van der Waals surface area contributed by atoms with Gasteiger partial charge in [-0.05, 0) is 68.2 Å². The minimum atomic E-state index is -3.79. The van der Waals surface area contributed by atoms with Gasteiger partial charge in [0.1, 0.15) is 0 Å². The SMILES string of the molecule is CC(C)OP(=O)(OC(C)C)C(SC1CCCCC1)P(=O)(OC(C)C)OC(C)C. The zero-order chi connectivity index (χ0) is 21.5. The molecule has 1 rings (SSSR count). The topological polar surface area (TPSA) is 71.1 Å². The van der Waals surface area contributed by atoms with Gasteiger partial charge in [0.15, 0.2) is 0 Å². The summed E-state index contributed by atoms with van der Waals surface area (Å²) in [5.41, 5.74) is 0. The van der Waals surface area contributed by atoms with E-state index in [4.69, 9.17) is 18.1 Å². The van der Waals surface area contributed by atoms with Crippen LogP contribution in [0.4, 0.5) is 0 Å². The third-order valence-corrected chi connectivity index (χ3v) is 12.9. The van der Waals surface area contributed by atoms with Crippen molar-refractivity contribution in [1.29, 1.82) is 0 Å². The predicted octanol–water partition coefficient (Wildman–Crippen LogP) is 7.42. The summed E-state index contributed by atoms with van der Waals surface area (Å²) in [5, 5.41) is 0.235. The molecule has 0 atom stereocenters. The van der Waals surface area contributed by atoms with Crippen LogP contribution in [0, 0.1) is 0 Å². The van der Waals surface area contributed by atoms with Crippen molar-refractivity contribution in [3.8, 4) is 0 Å². The van der Waals surface area contributed by atoms with Crippen LogP contribution in [0.25, 0.3) is 0 Å². The minimum absolute atomic E-state index is 0.235. The first-order valence-corrected chi connectivity index (χ1v) is 14.6. The molecule has 1 fully saturated rings. The monoisotopic (exact) mass is 458 g/mol. The summed E-state index contributed by atoms with van der Waals surface area (Å²) in [7, 11) is -7.59. The molecule has 168 valence electrons. The van der Waals surface area contributed by atoms with Gasteiger partial charge in [0.2, 0.25) is 4.73 Å². The standard InChI is InChI=1S/C19H40O6P2S/c1-14(2)22-26(20,23-15(3)4)19(28-18-12-10-9-11-13-18)27(21,24-16(5)6)25-17(7)8/h14-19H,9-13H2,1-8H3. The second-order valence-corrected chi connectivity index (χ2v) is 15.0. The van der Waals surface area contributed by atoms with E-state index in [2.05, 4.69) is 0 Å². The lowest BCUT2D eigenvalue weighted by molar-refractivity contribution is 0.129. The van der Waals surface area contributed by atoms with E-state index in [-0.39, 0.29) is 29.7 Å². The molecular formula is C19H40O6P2S. The molecule has 1 aliphatic carbocycles. The van der Waals surface area contributed by atoms with Crippen LogP contribution in [-0.4, -0.2) is 34.4 Å². The molecule has 0 N–H and O–H groups in total. The number of rotatable bonds is 12. The van der Waals surface area contributed by atoms with Gasteiger partial charge >= 0.3 is 15.2 Å². The Morgan fingerprint density at radius 2 is 0.964 bits per heavy atom. The van der Waals surface area contributed by atoms with Crippen molar-refractivity contribution in [1.82, 2.24) is 0 Å². The fraction of sp³-hybridized carbons (Fsp3) is 1.00. The first kappa shape index (κ1) is 26.7. The maximum atomic E-state index is 14.0. The molecule has 28 heavy (non-hydrogen) atoms. The number of hydrogen-bond acceptors (Lipinski definition) is 7. The average molecular weight is 459 g/mol. The van der Waals surface area contributed by atoms with Gasteiger partial charge in [0.05, 0.1) is 24.4 Å². The van der Waals surface area contributed by atoms with Crippen LogP contribution in [0.2, 0.25) is 0 Å². The zero-order valence-electron chi connectivity index (χ0n) is 18.8. The maximum Gasteiger partial charge on any atom is 0.356 e. The zero-order valence-corrected chi connectivity index (χ0v) is 21.4. The van der Waals surface area contributed by atoms with Crippen LogP contribution in [0.5, 0.6) is 0 Å². The Kier molecular flexibility index (Phi) is 11.3. The third kappa shape index (κ3) is 8.79. The fourth-order valence-corrected chi connectivity index (χ4v) is 11.8. The van der Waals surface area contributed by atoms with E-state index in [0.29, 0.717) is 0 Å². The van der Waals surface area contributed by atoms with Crippen molar-refractivity contribution in [2.45, 2.75) is 122 Å². The van der Waals surface area contributed by atoms with Crippen LogP contribution in [0.1, 0.15) is 87.5 Å². The average Bonchev–Trinajstić information content (AvgIpc) is 2.50. The highest BCUT2D eigenvalue weighted by Crippen LogP contribution is 2.76.